The molecule has 0 unspecified atom stereocenters. The Morgan fingerprint density at radius 1 is 1.29 bits per heavy atom. The van der Waals surface area contributed by atoms with Crippen molar-refractivity contribution in [1.82, 2.24) is 5.32 Å². The van der Waals surface area contributed by atoms with Crippen LogP contribution in [-0.2, 0) is 6.54 Å². The molecule has 118 valence electrons. The maximum absolute atomic E-state index is 9.28. The van der Waals surface area contributed by atoms with E-state index < -0.39 is 0 Å². The van der Waals surface area contributed by atoms with Crippen molar-refractivity contribution in [3.63, 3.8) is 0 Å². The SMILES string of the molecule is Cc1ccc(N2CCC(CO)CC2)c(CNCC(C)C)c1. The van der Waals surface area contributed by atoms with Crippen molar-refractivity contribution >= 4 is 5.69 Å². The predicted octanol–water partition coefficient (Wildman–Crippen LogP) is 2.95. The molecule has 0 bridgehead atoms. The zero-order valence-corrected chi connectivity index (χ0v) is 13.7. The smallest absolute Gasteiger partial charge is 0.0460 e. The van der Waals surface area contributed by atoms with Gasteiger partial charge >= 0.3 is 0 Å². The summed E-state index contributed by atoms with van der Waals surface area (Å²) < 4.78 is 0. The third-order valence-corrected chi connectivity index (χ3v) is 4.32. The normalized spacial score (nSPS) is 16.7. The first-order valence-corrected chi connectivity index (χ1v) is 8.26. The Kier molecular flexibility index (Phi) is 6.07. The lowest BCUT2D eigenvalue weighted by molar-refractivity contribution is 0.203. The van der Waals surface area contributed by atoms with Crippen LogP contribution in [0, 0.1) is 18.8 Å². The van der Waals surface area contributed by atoms with Crippen molar-refractivity contribution in [3.05, 3.63) is 29.3 Å². The van der Waals surface area contributed by atoms with Crippen LogP contribution >= 0.6 is 0 Å². The van der Waals surface area contributed by atoms with Crippen LogP contribution < -0.4 is 10.2 Å². The van der Waals surface area contributed by atoms with Gasteiger partial charge in [0.25, 0.3) is 0 Å². The second-order valence-corrected chi connectivity index (χ2v) is 6.77. The largest absolute Gasteiger partial charge is 0.396 e. The number of hydrogen-bond donors (Lipinski definition) is 2. The summed E-state index contributed by atoms with van der Waals surface area (Å²) in [5, 5.41) is 12.8. The molecule has 1 fully saturated rings. The lowest BCUT2D eigenvalue weighted by Crippen LogP contribution is -2.35. The number of benzene rings is 1. The molecule has 0 spiro atoms. The summed E-state index contributed by atoms with van der Waals surface area (Å²) in [5.41, 5.74) is 4.09. The van der Waals surface area contributed by atoms with Gasteiger partial charge in [0.1, 0.15) is 0 Å². The van der Waals surface area contributed by atoms with Gasteiger partial charge in [-0.1, -0.05) is 31.5 Å². The monoisotopic (exact) mass is 290 g/mol. The molecule has 0 saturated carbocycles. The number of aliphatic hydroxyl groups is 1. The second-order valence-electron chi connectivity index (χ2n) is 6.77. The maximum atomic E-state index is 9.28. The average molecular weight is 290 g/mol. The lowest BCUT2D eigenvalue weighted by Gasteiger charge is -2.34. The first kappa shape index (κ1) is 16.3. The third kappa shape index (κ3) is 4.72. The standard InChI is InChI=1S/C18H30N2O/c1-14(2)11-19-12-17-10-15(3)4-5-18(17)20-8-6-16(13-21)7-9-20/h4-5,10,14,16,19,21H,6-9,11-13H2,1-3H3. The molecule has 1 heterocycles. The number of nitrogens with zero attached hydrogens (tertiary/aromatic N) is 1. The van der Waals surface area contributed by atoms with E-state index in [9.17, 15) is 5.11 Å². The van der Waals surface area contributed by atoms with E-state index in [1.807, 2.05) is 0 Å². The minimum Gasteiger partial charge on any atom is -0.396 e. The molecule has 1 saturated heterocycles. The Morgan fingerprint density at radius 3 is 2.62 bits per heavy atom. The van der Waals surface area contributed by atoms with Crippen molar-refractivity contribution in [2.75, 3.05) is 31.1 Å². The van der Waals surface area contributed by atoms with Crippen LogP contribution in [0.2, 0.25) is 0 Å². The Morgan fingerprint density at radius 2 is 2.00 bits per heavy atom. The second kappa shape index (κ2) is 7.81. The van der Waals surface area contributed by atoms with Crippen LogP contribution in [0.5, 0.6) is 0 Å². The third-order valence-electron chi connectivity index (χ3n) is 4.32. The van der Waals surface area contributed by atoms with E-state index in [4.69, 9.17) is 0 Å². The van der Waals surface area contributed by atoms with Gasteiger partial charge in [-0.15, -0.1) is 0 Å². The van der Waals surface area contributed by atoms with Gasteiger partial charge in [-0.25, -0.2) is 0 Å². The zero-order chi connectivity index (χ0) is 15.2. The van der Waals surface area contributed by atoms with E-state index in [1.54, 1.807) is 0 Å². The molecule has 1 aromatic rings. The molecule has 21 heavy (non-hydrogen) atoms. The summed E-state index contributed by atoms with van der Waals surface area (Å²) in [6, 6.07) is 6.78. The molecule has 3 heteroatoms. The number of rotatable bonds is 6. The van der Waals surface area contributed by atoms with Crippen molar-refractivity contribution < 1.29 is 5.11 Å². The summed E-state index contributed by atoms with van der Waals surface area (Å²) in [6.45, 7) is 11.1. The zero-order valence-electron chi connectivity index (χ0n) is 13.7. The molecule has 2 rings (SSSR count). The fourth-order valence-corrected chi connectivity index (χ4v) is 3.02. The van der Waals surface area contributed by atoms with Crippen molar-refractivity contribution in [3.8, 4) is 0 Å². The molecule has 0 aromatic heterocycles. The summed E-state index contributed by atoms with van der Waals surface area (Å²) in [6.07, 6.45) is 2.20. The molecule has 0 aliphatic carbocycles. The average Bonchev–Trinajstić information content (AvgIpc) is 2.47. The van der Waals surface area contributed by atoms with Crippen LogP contribution in [0.15, 0.2) is 18.2 Å². The van der Waals surface area contributed by atoms with Gasteiger partial charge in [0.2, 0.25) is 0 Å². The topological polar surface area (TPSA) is 35.5 Å². The van der Waals surface area contributed by atoms with Gasteiger partial charge in [-0.2, -0.15) is 0 Å². The van der Waals surface area contributed by atoms with Gasteiger partial charge in [0.15, 0.2) is 0 Å². The first-order chi connectivity index (χ1) is 10.1. The molecule has 0 atom stereocenters. The van der Waals surface area contributed by atoms with Gasteiger partial charge in [-0.05, 0) is 49.8 Å². The van der Waals surface area contributed by atoms with Crippen molar-refractivity contribution in [2.24, 2.45) is 11.8 Å². The molecule has 0 radical (unpaired) electrons. The van der Waals surface area contributed by atoms with Crippen LogP contribution in [0.4, 0.5) is 5.69 Å². The van der Waals surface area contributed by atoms with Crippen LogP contribution in [0.1, 0.15) is 37.8 Å². The molecular formula is C18H30N2O. The number of aliphatic hydroxyl groups excluding tert-OH is 1. The number of aryl methyl sites for hydroxylation is 1. The van der Waals surface area contributed by atoms with E-state index in [2.05, 4.69) is 49.2 Å². The van der Waals surface area contributed by atoms with E-state index in [0.717, 1.165) is 39.0 Å². The lowest BCUT2D eigenvalue weighted by atomic mass is 9.96. The fraction of sp³-hybridized carbons (Fsp3) is 0.667. The summed E-state index contributed by atoms with van der Waals surface area (Å²) >= 11 is 0. The van der Waals surface area contributed by atoms with Crippen molar-refractivity contribution in [2.45, 2.75) is 40.2 Å². The highest BCUT2D eigenvalue weighted by Gasteiger charge is 2.20. The summed E-state index contributed by atoms with van der Waals surface area (Å²) in [4.78, 5) is 2.48. The number of hydrogen-bond acceptors (Lipinski definition) is 3. The van der Waals surface area contributed by atoms with Crippen molar-refractivity contribution in [1.29, 1.82) is 0 Å². The van der Waals surface area contributed by atoms with E-state index >= 15 is 0 Å². The number of nitrogens with one attached hydrogen (secondary N) is 1. The molecule has 1 aliphatic heterocycles. The van der Waals surface area contributed by atoms with Gasteiger partial charge in [0.05, 0.1) is 0 Å². The molecule has 2 N–H and O–H groups in total. The minimum absolute atomic E-state index is 0.338. The highest BCUT2D eigenvalue weighted by molar-refractivity contribution is 5.55. The summed E-state index contributed by atoms with van der Waals surface area (Å²) in [5.74, 6) is 1.17. The number of anilines is 1. The van der Waals surface area contributed by atoms with Crippen LogP contribution in [0.3, 0.4) is 0 Å². The quantitative estimate of drug-likeness (QED) is 0.845. The van der Waals surface area contributed by atoms with Crippen LogP contribution in [0.25, 0.3) is 0 Å². The van der Waals surface area contributed by atoms with E-state index in [-0.39, 0.29) is 0 Å². The molecule has 1 aromatic carbocycles. The van der Waals surface area contributed by atoms with Gasteiger partial charge in [0, 0.05) is 31.9 Å². The molecule has 1 aliphatic rings. The Hall–Kier alpha value is -1.06. The van der Waals surface area contributed by atoms with Gasteiger partial charge < -0.3 is 15.3 Å². The predicted molar refractivity (Wildman–Crippen MR) is 89.7 cm³/mol. The first-order valence-electron chi connectivity index (χ1n) is 8.26. The molecule has 0 amide bonds. The van der Waals surface area contributed by atoms with Gasteiger partial charge in [-0.3, -0.25) is 0 Å². The Labute approximate surface area is 129 Å². The van der Waals surface area contributed by atoms with Crippen LogP contribution in [-0.4, -0.2) is 31.3 Å². The fourth-order valence-electron chi connectivity index (χ4n) is 3.02. The van der Waals surface area contributed by atoms with E-state index in [0.29, 0.717) is 18.4 Å². The highest BCUT2D eigenvalue weighted by Crippen LogP contribution is 2.27. The maximum Gasteiger partial charge on any atom is 0.0460 e. The Bertz CT molecular complexity index is 437. The minimum atomic E-state index is 0.338. The number of piperidine rings is 1. The highest BCUT2D eigenvalue weighted by atomic mass is 16.3. The molecule has 3 nitrogen and oxygen atoms in total. The van der Waals surface area contributed by atoms with E-state index in [1.165, 1.54) is 16.8 Å². The summed E-state index contributed by atoms with van der Waals surface area (Å²) in [7, 11) is 0. The Balaban J connectivity index is 2.04. The molecular weight excluding hydrogens is 260 g/mol.